The van der Waals surface area contributed by atoms with Crippen LogP contribution in [0.2, 0.25) is 0 Å². The summed E-state index contributed by atoms with van der Waals surface area (Å²) in [6, 6.07) is 13.0. The molecule has 3 aromatic rings. The van der Waals surface area contributed by atoms with Crippen LogP contribution in [0.5, 0.6) is 0 Å². The Morgan fingerprint density at radius 3 is 2.48 bits per heavy atom. The molecular formula is C16H8F2N2S. The van der Waals surface area contributed by atoms with Gasteiger partial charge in [-0.25, -0.2) is 13.8 Å². The predicted octanol–water partition coefficient (Wildman–Crippen LogP) is 4.64. The molecule has 0 aliphatic heterocycles. The fraction of sp³-hybridized carbons (Fsp3) is 0. The van der Waals surface area contributed by atoms with Gasteiger partial charge in [0.15, 0.2) is 0 Å². The SMILES string of the molecule is N#C/C(=C/c1c(F)cccc1F)c1nc2ccccc2s1. The topological polar surface area (TPSA) is 36.7 Å². The third kappa shape index (κ3) is 2.54. The summed E-state index contributed by atoms with van der Waals surface area (Å²) in [5.74, 6) is -1.41. The van der Waals surface area contributed by atoms with Gasteiger partial charge in [-0.05, 0) is 30.3 Å². The van der Waals surface area contributed by atoms with Crippen molar-refractivity contribution >= 4 is 33.2 Å². The lowest BCUT2D eigenvalue weighted by Gasteiger charge is -1.99. The molecule has 21 heavy (non-hydrogen) atoms. The number of aromatic nitrogens is 1. The Bertz CT molecular complexity index is 837. The van der Waals surface area contributed by atoms with Crippen molar-refractivity contribution in [1.29, 1.82) is 5.26 Å². The molecule has 0 unspecified atom stereocenters. The Morgan fingerprint density at radius 2 is 1.81 bits per heavy atom. The van der Waals surface area contributed by atoms with Gasteiger partial charge in [0, 0.05) is 5.56 Å². The van der Waals surface area contributed by atoms with E-state index in [0.717, 1.165) is 22.3 Å². The maximum Gasteiger partial charge on any atom is 0.135 e. The van der Waals surface area contributed by atoms with Crippen molar-refractivity contribution in [2.75, 3.05) is 0 Å². The van der Waals surface area contributed by atoms with E-state index in [9.17, 15) is 14.0 Å². The van der Waals surface area contributed by atoms with Crippen molar-refractivity contribution in [3.05, 3.63) is 64.7 Å². The average molecular weight is 298 g/mol. The van der Waals surface area contributed by atoms with Crippen molar-refractivity contribution in [1.82, 2.24) is 4.98 Å². The van der Waals surface area contributed by atoms with E-state index >= 15 is 0 Å². The Hall–Kier alpha value is -2.58. The van der Waals surface area contributed by atoms with Gasteiger partial charge in [0.1, 0.15) is 22.7 Å². The van der Waals surface area contributed by atoms with Crippen LogP contribution in [0, 0.1) is 23.0 Å². The molecule has 2 nitrogen and oxygen atoms in total. The van der Waals surface area contributed by atoms with Gasteiger partial charge in [-0.1, -0.05) is 18.2 Å². The standard InChI is InChI=1S/C16H8F2N2S/c17-12-4-3-5-13(18)11(12)8-10(9-19)16-20-14-6-1-2-7-15(14)21-16/h1-8H/b10-8-. The molecule has 0 saturated carbocycles. The van der Waals surface area contributed by atoms with E-state index in [1.54, 1.807) is 0 Å². The fourth-order valence-electron chi connectivity index (χ4n) is 1.92. The number of nitriles is 1. The van der Waals surface area contributed by atoms with E-state index in [0.29, 0.717) is 5.01 Å². The molecule has 3 rings (SSSR count). The Kier molecular flexibility index (Phi) is 3.46. The number of hydrogen-bond acceptors (Lipinski definition) is 3. The van der Waals surface area contributed by atoms with Gasteiger partial charge in [0.25, 0.3) is 0 Å². The maximum absolute atomic E-state index is 13.7. The molecule has 0 spiro atoms. The quantitative estimate of drug-likeness (QED) is 0.646. The van der Waals surface area contributed by atoms with Gasteiger partial charge in [-0.2, -0.15) is 5.26 Å². The molecule has 0 N–H and O–H groups in total. The van der Waals surface area contributed by atoms with Crippen LogP contribution >= 0.6 is 11.3 Å². The number of thiazole rings is 1. The third-order valence-electron chi connectivity index (χ3n) is 2.93. The van der Waals surface area contributed by atoms with E-state index in [4.69, 9.17) is 0 Å². The van der Waals surface area contributed by atoms with Crippen molar-refractivity contribution in [3.8, 4) is 6.07 Å². The molecular weight excluding hydrogens is 290 g/mol. The van der Waals surface area contributed by atoms with Crippen LogP contribution in [0.3, 0.4) is 0 Å². The number of rotatable bonds is 2. The molecule has 0 amide bonds. The minimum atomic E-state index is -0.705. The Labute approximate surface area is 123 Å². The summed E-state index contributed by atoms with van der Waals surface area (Å²) in [5, 5.41) is 9.70. The lowest BCUT2D eigenvalue weighted by molar-refractivity contribution is 0.579. The summed E-state index contributed by atoms with van der Waals surface area (Å²) in [5.41, 5.74) is 0.668. The number of hydrogen-bond donors (Lipinski definition) is 0. The lowest BCUT2D eigenvalue weighted by atomic mass is 10.1. The molecule has 1 aromatic heterocycles. The first-order chi connectivity index (χ1) is 10.2. The van der Waals surface area contributed by atoms with E-state index in [1.807, 2.05) is 30.3 Å². The molecule has 0 saturated heterocycles. The zero-order valence-corrected chi connectivity index (χ0v) is 11.5. The van der Waals surface area contributed by atoms with Crippen molar-refractivity contribution in [2.45, 2.75) is 0 Å². The second-order valence-corrected chi connectivity index (χ2v) is 5.32. The Balaban J connectivity index is 2.14. The number of allylic oxidation sites excluding steroid dienone is 1. The minimum absolute atomic E-state index is 0.139. The molecule has 0 aliphatic rings. The van der Waals surface area contributed by atoms with Gasteiger partial charge in [-0.15, -0.1) is 11.3 Å². The van der Waals surface area contributed by atoms with Crippen LogP contribution in [0.25, 0.3) is 21.9 Å². The minimum Gasteiger partial charge on any atom is -0.235 e. The van der Waals surface area contributed by atoms with Gasteiger partial charge in [0.2, 0.25) is 0 Å². The highest BCUT2D eigenvalue weighted by Gasteiger charge is 2.12. The first-order valence-electron chi connectivity index (χ1n) is 6.11. The average Bonchev–Trinajstić information content (AvgIpc) is 2.90. The van der Waals surface area contributed by atoms with Crippen molar-refractivity contribution < 1.29 is 8.78 Å². The number of fused-ring (bicyclic) bond motifs is 1. The van der Waals surface area contributed by atoms with Crippen LogP contribution in [0.15, 0.2) is 42.5 Å². The summed E-state index contributed by atoms with van der Waals surface area (Å²) < 4.78 is 28.2. The molecule has 2 aromatic carbocycles. The molecule has 0 fully saturated rings. The van der Waals surface area contributed by atoms with Gasteiger partial charge in [0.05, 0.1) is 15.8 Å². The fourth-order valence-corrected chi connectivity index (χ4v) is 2.85. The highest BCUT2D eigenvalue weighted by Crippen LogP contribution is 2.28. The first kappa shape index (κ1) is 13.4. The first-order valence-corrected chi connectivity index (χ1v) is 6.92. The van der Waals surface area contributed by atoms with Crippen LogP contribution in [0.4, 0.5) is 8.78 Å². The molecule has 0 bridgehead atoms. The maximum atomic E-state index is 13.7. The monoisotopic (exact) mass is 298 g/mol. The molecule has 5 heteroatoms. The zero-order valence-electron chi connectivity index (χ0n) is 10.7. The molecule has 0 atom stereocenters. The number of nitrogens with zero attached hydrogens (tertiary/aromatic N) is 2. The van der Waals surface area contributed by atoms with Gasteiger partial charge >= 0.3 is 0 Å². The second kappa shape index (κ2) is 5.43. The van der Waals surface area contributed by atoms with E-state index in [-0.39, 0.29) is 11.1 Å². The number of benzene rings is 2. The van der Waals surface area contributed by atoms with Crippen molar-refractivity contribution in [2.24, 2.45) is 0 Å². The second-order valence-electron chi connectivity index (χ2n) is 4.29. The Morgan fingerprint density at radius 1 is 1.10 bits per heavy atom. The summed E-state index contributed by atoms with van der Waals surface area (Å²) in [7, 11) is 0. The van der Waals surface area contributed by atoms with Crippen LogP contribution < -0.4 is 0 Å². The van der Waals surface area contributed by atoms with E-state index in [2.05, 4.69) is 4.98 Å². The summed E-state index contributed by atoms with van der Waals surface area (Å²) in [4.78, 5) is 4.32. The summed E-state index contributed by atoms with van der Waals surface area (Å²) in [6.45, 7) is 0. The van der Waals surface area contributed by atoms with Crippen LogP contribution in [0.1, 0.15) is 10.6 Å². The molecule has 102 valence electrons. The highest BCUT2D eigenvalue weighted by atomic mass is 32.1. The van der Waals surface area contributed by atoms with Gasteiger partial charge in [-0.3, -0.25) is 0 Å². The molecule has 0 aliphatic carbocycles. The smallest absolute Gasteiger partial charge is 0.135 e. The van der Waals surface area contributed by atoms with E-state index in [1.165, 1.54) is 23.5 Å². The van der Waals surface area contributed by atoms with Crippen LogP contribution in [-0.4, -0.2) is 4.98 Å². The zero-order chi connectivity index (χ0) is 14.8. The molecule has 1 heterocycles. The number of halogens is 2. The molecule has 0 radical (unpaired) electrons. The van der Waals surface area contributed by atoms with Gasteiger partial charge < -0.3 is 0 Å². The number of para-hydroxylation sites is 1. The predicted molar refractivity (Wildman–Crippen MR) is 79.5 cm³/mol. The largest absolute Gasteiger partial charge is 0.235 e. The highest BCUT2D eigenvalue weighted by molar-refractivity contribution is 7.19. The lowest BCUT2D eigenvalue weighted by Crippen LogP contribution is -1.89. The van der Waals surface area contributed by atoms with Crippen LogP contribution in [-0.2, 0) is 0 Å². The van der Waals surface area contributed by atoms with E-state index < -0.39 is 11.6 Å². The summed E-state index contributed by atoms with van der Waals surface area (Å²) in [6.07, 6.45) is 1.20. The third-order valence-corrected chi connectivity index (χ3v) is 4.00. The summed E-state index contributed by atoms with van der Waals surface area (Å²) >= 11 is 1.31. The normalized spacial score (nSPS) is 11.6. The van der Waals surface area contributed by atoms with Crippen molar-refractivity contribution in [3.63, 3.8) is 0 Å².